The van der Waals surface area contributed by atoms with Crippen LogP contribution < -0.4 is 5.32 Å². The summed E-state index contributed by atoms with van der Waals surface area (Å²) in [6, 6.07) is 18.3. The lowest BCUT2D eigenvalue weighted by Gasteiger charge is -2.07. The molecule has 1 N–H and O–H groups in total. The Bertz CT molecular complexity index is 1210. The molecule has 0 fully saturated rings. The number of hydrogen-bond donors (Lipinski definition) is 1. The van der Waals surface area contributed by atoms with Crippen molar-refractivity contribution in [2.45, 2.75) is 30.5 Å². The van der Waals surface area contributed by atoms with E-state index in [1.807, 2.05) is 42.5 Å². The molecular formula is C24H21FN4O2S. The summed E-state index contributed by atoms with van der Waals surface area (Å²) in [6.45, 7) is 1.69. The lowest BCUT2D eigenvalue weighted by atomic mass is 10.1. The predicted octanol–water partition coefficient (Wildman–Crippen LogP) is 5.44. The molecule has 4 aromatic rings. The largest absolute Gasteiger partial charge is 0.339 e. The molecule has 1 amide bonds. The Balaban J connectivity index is 1.30. The number of benzene rings is 2. The summed E-state index contributed by atoms with van der Waals surface area (Å²) in [5, 5.41) is 7.74. The van der Waals surface area contributed by atoms with Gasteiger partial charge in [0.15, 0.2) is 0 Å². The van der Waals surface area contributed by atoms with Crippen molar-refractivity contribution < 1.29 is 13.7 Å². The quantitative estimate of drug-likeness (QED) is 0.361. The van der Waals surface area contributed by atoms with Gasteiger partial charge in [-0.2, -0.15) is 4.98 Å². The molecule has 0 saturated carbocycles. The van der Waals surface area contributed by atoms with Crippen LogP contribution >= 0.6 is 11.8 Å². The highest BCUT2D eigenvalue weighted by molar-refractivity contribution is 7.98. The number of thioether (sulfide) groups is 1. The third-order valence-corrected chi connectivity index (χ3v) is 5.71. The average Bonchev–Trinajstić information content (AvgIpc) is 3.28. The van der Waals surface area contributed by atoms with Gasteiger partial charge in [-0.05, 0) is 48.4 Å². The van der Waals surface area contributed by atoms with Gasteiger partial charge in [-0.1, -0.05) is 35.5 Å². The Labute approximate surface area is 189 Å². The second-order valence-corrected chi connectivity index (χ2v) is 8.18. The highest BCUT2D eigenvalue weighted by Crippen LogP contribution is 2.22. The van der Waals surface area contributed by atoms with Gasteiger partial charge in [-0.15, -0.1) is 11.8 Å². The van der Waals surface area contributed by atoms with Crippen molar-refractivity contribution in [3.8, 4) is 11.4 Å². The Morgan fingerprint density at radius 3 is 2.84 bits per heavy atom. The number of hydrogen-bond acceptors (Lipinski definition) is 6. The molecule has 0 saturated heterocycles. The first kappa shape index (κ1) is 21.7. The maximum absolute atomic E-state index is 13.8. The minimum atomic E-state index is -0.325. The van der Waals surface area contributed by atoms with Crippen LogP contribution in [0.3, 0.4) is 0 Å². The fourth-order valence-corrected chi connectivity index (χ4v) is 3.78. The van der Waals surface area contributed by atoms with Crippen molar-refractivity contribution in [1.82, 2.24) is 15.1 Å². The van der Waals surface area contributed by atoms with Crippen LogP contribution in [0.1, 0.15) is 23.4 Å². The van der Waals surface area contributed by atoms with Crippen LogP contribution in [-0.4, -0.2) is 21.0 Å². The number of rotatable bonds is 8. The van der Waals surface area contributed by atoms with Crippen LogP contribution in [0.25, 0.3) is 11.4 Å². The van der Waals surface area contributed by atoms with E-state index in [9.17, 15) is 9.18 Å². The Hall–Kier alpha value is -3.52. The number of carbonyl (C=O) groups excluding carboxylic acids is 1. The smallest absolute Gasteiger partial charge is 0.227 e. The fraction of sp³-hybridized carbons (Fsp3) is 0.167. The molecule has 0 aliphatic rings. The Kier molecular flexibility index (Phi) is 6.91. The molecule has 162 valence electrons. The van der Waals surface area contributed by atoms with Crippen LogP contribution in [-0.2, 0) is 17.0 Å². The molecule has 0 atom stereocenters. The first-order chi connectivity index (χ1) is 15.6. The zero-order chi connectivity index (χ0) is 22.3. The fourth-order valence-electron chi connectivity index (χ4n) is 2.98. The molecule has 0 bridgehead atoms. The second-order valence-electron chi connectivity index (χ2n) is 7.18. The lowest BCUT2D eigenvalue weighted by molar-refractivity contribution is -0.116. The first-order valence-corrected chi connectivity index (χ1v) is 11.1. The van der Waals surface area contributed by atoms with Crippen molar-refractivity contribution in [1.29, 1.82) is 0 Å². The average molecular weight is 449 g/mol. The van der Waals surface area contributed by atoms with E-state index in [1.165, 1.54) is 6.07 Å². The maximum Gasteiger partial charge on any atom is 0.227 e. The predicted molar refractivity (Wildman–Crippen MR) is 122 cm³/mol. The van der Waals surface area contributed by atoms with E-state index in [-0.39, 0.29) is 18.1 Å². The van der Waals surface area contributed by atoms with Gasteiger partial charge in [-0.25, -0.2) is 9.37 Å². The minimum Gasteiger partial charge on any atom is -0.339 e. The molecule has 0 aliphatic carbocycles. The van der Waals surface area contributed by atoms with E-state index in [1.54, 1.807) is 37.0 Å². The molecular weight excluding hydrogens is 427 g/mol. The molecule has 32 heavy (non-hydrogen) atoms. The number of anilines is 1. The summed E-state index contributed by atoms with van der Waals surface area (Å²) in [5.41, 5.74) is 2.90. The van der Waals surface area contributed by atoms with Gasteiger partial charge < -0.3 is 9.84 Å². The SMILES string of the molecule is Cc1ccc(-c2noc(CCC(=O)Nc3cccc(CSc4ccccn4)c3)n2)cc1F. The van der Waals surface area contributed by atoms with E-state index >= 15 is 0 Å². The summed E-state index contributed by atoms with van der Waals surface area (Å²) in [4.78, 5) is 20.9. The highest BCUT2D eigenvalue weighted by atomic mass is 32.2. The summed E-state index contributed by atoms with van der Waals surface area (Å²) in [5.74, 6) is 0.911. The van der Waals surface area contributed by atoms with E-state index in [0.29, 0.717) is 29.3 Å². The molecule has 2 aromatic heterocycles. The number of amides is 1. The molecule has 2 heterocycles. The molecule has 4 rings (SSSR count). The van der Waals surface area contributed by atoms with Crippen molar-refractivity contribution >= 4 is 23.4 Å². The van der Waals surface area contributed by atoms with Gasteiger partial charge in [0, 0.05) is 36.0 Å². The molecule has 0 radical (unpaired) electrons. The summed E-state index contributed by atoms with van der Waals surface area (Å²) < 4.78 is 19.0. The summed E-state index contributed by atoms with van der Waals surface area (Å²) in [6.07, 6.45) is 2.25. The lowest BCUT2D eigenvalue weighted by Crippen LogP contribution is -2.12. The molecule has 8 heteroatoms. The normalized spacial score (nSPS) is 10.8. The molecule has 0 spiro atoms. The topological polar surface area (TPSA) is 80.9 Å². The molecule has 6 nitrogen and oxygen atoms in total. The maximum atomic E-state index is 13.8. The van der Waals surface area contributed by atoms with Gasteiger partial charge in [0.2, 0.25) is 17.6 Å². The van der Waals surface area contributed by atoms with Crippen LogP contribution in [0, 0.1) is 12.7 Å². The highest BCUT2D eigenvalue weighted by Gasteiger charge is 2.12. The van der Waals surface area contributed by atoms with Gasteiger partial charge in [0.25, 0.3) is 0 Å². The summed E-state index contributed by atoms with van der Waals surface area (Å²) in [7, 11) is 0. The zero-order valence-corrected chi connectivity index (χ0v) is 18.2. The second kappa shape index (κ2) is 10.2. The summed E-state index contributed by atoms with van der Waals surface area (Å²) >= 11 is 1.64. The van der Waals surface area contributed by atoms with Crippen LogP contribution in [0.4, 0.5) is 10.1 Å². The number of aryl methyl sites for hydroxylation is 2. The van der Waals surface area contributed by atoms with Crippen molar-refractivity contribution in [2.24, 2.45) is 0 Å². The third kappa shape index (κ3) is 5.79. The number of nitrogens with one attached hydrogen (secondary N) is 1. The molecule has 0 unspecified atom stereocenters. The van der Waals surface area contributed by atoms with Crippen LogP contribution in [0.15, 0.2) is 76.4 Å². The number of halogens is 1. The van der Waals surface area contributed by atoms with Crippen LogP contribution in [0.2, 0.25) is 0 Å². The number of pyridine rings is 1. The van der Waals surface area contributed by atoms with E-state index in [4.69, 9.17) is 4.52 Å². The van der Waals surface area contributed by atoms with E-state index in [2.05, 4.69) is 20.4 Å². The Morgan fingerprint density at radius 1 is 1.12 bits per heavy atom. The van der Waals surface area contributed by atoms with Gasteiger partial charge in [0.05, 0.1) is 5.03 Å². The van der Waals surface area contributed by atoms with Crippen molar-refractivity contribution in [2.75, 3.05) is 5.32 Å². The third-order valence-electron chi connectivity index (χ3n) is 4.70. The standard InChI is InChI=1S/C24H21FN4O2S/c1-16-8-9-18(14-20(16)25)24-28-22(31-29-24)11-10-21(30)27-19-6-4-5-17(13-19)15-32-23-7-2-3-12-26-23/h2-9,12-14H,10-11,15H2,1H3,(H,27,30). The Morgan fingerprint density at radius 2 is 2.03 bits per heavy atom. The van der Waals surface area contributed by atoms with Gasteiger partial charge in [0.1, 0.15) is 5.82 Å². The van der Waals surface area contributed by atoms with Gasteiger partial charge >= 0.3 is 0 Å². The van der Waals surface area contributed by atoms with E-state index < -0.39 is 0 Å². The minimum absolute atomic E-state index is 0.152. The first-order valence-electron chi connectivity index (χ1n) is 10.1. The van der Waals surface area contributed by atoms with Crippen LogP contribution in [0.5, 0.6) is 0 Å². The van der Waals surface area contributed by atoms with Gasteiger partial charge in [-0.3, -0.25) is 4.79 Å². The van der Waals surface area contributed by atoms with Crippen molar-refractivity contribution in [3.05, 3.63) is 89.7 Å². The van der Waals surface area contributed by atoms with Crippen molar-refractivity contribution in [3.63, 3.8) is 0 Å². The number of carbonyl (C=O) groups is 1. The number of nitrogens with zero attached hydrogens (tertiary/aromatic N) is 3. The zero-order valence-electron chi connectivity index (χ0n) is 17.4. The molecule has 2 aromatic carbocycles. The monoisotopic (exact) mass is 448 g/mol. The van der Waals surface area contributed by atoms with E-state index in [0.717, 1.165) is 22.0 Å². The molecule has 0 aliphatic heterocycles. The number of aromatic nitrogens is 3.